The molecule has 0 bridgehead atoms. The number of hydrogen-bond acceptors (Lipinski definition) is 5. The number of benzene rings is 1. The molecule has 1 N–H and O–H groups in total. The summed E-state index contributed by atoms with van der Waals surface area (Å²) in [4.78, 5) is 17.3. The molecule has 1 amide bonds. The van der Waals surface area contributed by atoms with Crippen molar-refractivity contribution in [3.8, 4) is 5.88 Å². The lowest BCUT2D eigenvalue weighted by atomic mass is 10.1. The highest BCUT2D eigenvalue weighted by Crippen LogP contribution is 2.39. The Morgan fingerprint density at radius 1 is 1.34 bits per heavy atom. The van der Waals surface area contributed by atoms with Crippen molar-refractivity contribution in [3.63, 3.8) is 0 Å². The van der Waals surface area contributed by atoms with E-state index in [1.807, 2.05) is 0 Å². The standard InChI is InChI=1S/C19H22BrN3O5S/c1-12-11-22(29(26,27)15-7-5-6-13(20)8-15)16-9-14(10-21-17(16)28-12)23(18(24)25)19(2,3)4/h5-10,12H,11H2,1-4H3,(H,24,25)/t12-/m0/s1. The van der Waals surface area contributed by atoms with E-state index in [-0.39, 0.29) is 28.7 Å². The second-order valence-electron chi connectivity index (χ2n) is 7.73. The van der Waals surface area contributed by atoms with Crippen LogP contribution in [0.3, 0.4) is 0 Å². The molecule has 2 heterocycles. The van der Waals surface area contributed by atoms with Crippen LogP contribution >= 0.6 is 15.9 Å². The van der Waals surface area contributed by atoms with Gasteiger partial charge in [-0.25, -0.2) is 18.2 Å². The topological polar surface area (TPSA) is 100 Å². The fraction of sp³-hybridized carbons (Fsp3) is 0.368. The van der Waals surface area contributed by atoms with Gasteiger partial charge in [0.25, 0.3) is 10.0 Å². The van der Waals surface area contributed by atoms with Crippen LogP contribution in [0.15, 0.2) is 45.9 Å². The van der Waals surface area contributed by atoms with Gasteiger partial charge in [0.15, 0.2) is 0 Å². The number of halogens is 1. The van der Waals surface area contributed by atoms with E-state index in [1.165, 1.54) is 28.7 Å². The first-order chi connectivity index (χ1) is 13.4. The average Bonchev–Trinajstić information content (AvgIpc) is 2.59. The molecular weight excluding hydrogens is 462 g/mol. The van der Waals surface area contributed by atoms with E-state index in [9.17, 15) is 18.3 Å². The number of hydrogen-bond donors (Lipinski definition) is 1. The molecule has 0 saturated carbocycles. The molecule has 29 heavy (non-hydrogen) atoms. The Kier molecular flexibility index (Phi) is 5.52. The maximum absolute atomic E-state index is 13.4. The molecule has 0 fully saturated rings. The zero-order chi connectivity index (χ0) is 21.6. The van der Waals surface area contributed by atoms with Crippen molar-refractivity contribution in [2.24, 2.45) is 0 Å². The number of sulfonamides is 1. The number of carboxylic acid groups (broad SMARTS) is 1. The van der Waals surface area contributed by atoms with Crippen molar-refractivity contribution >= 4 is 43.4 Å². The molecule has 0 unspecified atom stereocenters. The van der Waals surface area contributed by atoms with Crippen LogP contribution in [-0.2, 0) is 10.0 Å². The summed E-state index contributed by atoms with van der Waals surface area (Å²) < 4.78 is 34.3. The van der Waals surface area contributed by atoms with Gasteiger partial charge in [0.05, 0.1) is 23.3 Å². The number of anilines is 2. The van der Waals surface area contributed by atoms with Crippen LogP contribution in [-0.4, -0.2) is 42.8 Å². The zero-order valence-corrected chi connectivity index (χ0v) is 18.9. The third-order valence-corrected chi connectivity index (χ3v) is 6.60. The first-order valence-electron chi connectivity index (χ1n) is 8.89. The molecule has 0 spiro atoms. The smallest absolute Gasteiger partial charge is 0.412 e. The van der Waals surface area contributed by atoms with Crippen molar-refractivity contribution < 1.29 is 23.1 Å². The number of carbonyl (C=O) groups is 1. The van der Waals surface area contributed by atoms with Gasteiger partial charge in [0, 0.05) is 10.0 Å². The fourth-order valence-electron chi connectivity index (χ4n) is 3.15. The van der Waals surface area contributed by atoms with Crippen LogP contribution in [0.25, 0.3) is 0 Å². The fourth-order valence-corrected chi connectivity index (χ4v) is 5.28. The second kappa shape index (κ2) is 7.49. The molecule has 1 aliphatic rings. The monoisotopic (exact) mass is 483 g/mol. The summed E-state index contributed by atoms with van der Waals surface area (Å²) in [6.45, 7) is 7.07. The molecule has 2 aromatic rings. The minimum Gasteiger partial charge on any atom is -0.471 e. The summed E-state index contributed by atoms with van der Waals surface area (Å²) in [7, 11) is -3.91. The van der Waals surface area contributed by atoms with Gasteiger partial charge in [-0.1, -0.05) is 22.0 Å². The third kappa shape index (κ3) is 4.18. The number of pyridine rings is 1. The maximum Gasteiger partial charge on any atom is 0.412 e. The van der Waals surface area contributed by atoms with Gasteiger partial charge in [-0.2, -0.15) is 0 Å². The average molecular weight is 484 g/mol. The molecule has 0 aliphatic carbocycles. The highest BCUT2D eigenvalue weighted by molar-refractivity contribution is 9.10. The number of fused-ring (bicyclic) bond motifs is 1. The third-order valence-electron chi connectivity index (χ3n) is 4.33. The lowest BCUT2D eigenvalue weighted by molar-refractivity contribution is 0.195. The summed E-state index contributed by atoms with van der Waals surface area (Å²) in [6.07, 6.45) is -0.202. The van der Waals surface area contributed by atoms with Gasteiger partial charge in [-0.05, 0) is 52.0 Å². The van der Waals surface area contributed by atoms with Crippen LogP contribution in [0, 0.1) is 0 Å². The molecule has 3 rings (SSSR count). The van der Waals surface area contributed by atoms with E-state index in [0.29, 0.717) is 4.47 Å². The molecule has 1 atom stereocenters. The van der Waals surface area contributed by atoms with Crippen LogP contribution in [0.4, 0.5) is 16.2 Å². The van der Waals surface area contributed by atoms with Crippen molar-refractivity contribution in [1.29, 1.82) is 0 Å². The molecular formula is C19H22BrN3O5S. The predicted molar refractivity (Wildman–Crippen MR) is 113 cm³/mol. The highest BCUT2D eigenvalue weighted by atomic mass is 79.9. The Morgan fingerprint density at radius 3 is 2.62 bits per heavy atom. The van der Waals surface area contributed by atoms with Gasteiger partial charge < -0.3 is 9.84 Å². The first kappa shape index (κ1) is 21.4. The van der Waals surface area contributed by atoms with Crippen molar-refractivity contribution in [3.05, 3.63) is 41.0 Å². The zero-order valence-electron chi connectivity index (χ0n) is 16.5. The van der Waals surface area contributed by atoms with Crippen LogP contribution in [0.2, 0.25) is 0 Å². The number of ether oxygens (including phenoxy) is 1. The minimum absolute atomic E-state index is 0.0789. The van der Waals surface area contributed by atoms with Gasteiger partial charge >= 0.3 is 6.09 Å². The molecule has 1 aromatic heterocycles. The van der Waals surface area contributed by atoms with E-state index in [0.717, 1.165) is 4.90 Å². The van der Waals surface area contributed by atoms with Crippen molar-refractivity contribution in [2.45, 2.75) is 44.2 Å². The number of nitrogens with zero attached hydrogens (tertiary/aromatic N) is 3. The predicted octanol–water partition coefficient (Wildman–Crippen LogP) is 4.10. The summed E-state index contributed by atoms with van der Waals surface area (Å²) in [5, 5.41) is 9.67. The Hall–Kier alpha value is -2.33. The van der Waals surface area contributed by atoms with Crippen LogP contribution < -0.4 is 13.9 Å². The highest BCUT2D eigenvalue weighted by Gasteiger charge is 2.36. The quantitative estimate of drug-likeness (QED) is 0.704. The van der Waals surface area contributed by atoms with E-state index in [1.54, 1.807) is 39.8 Å². The van der Waals surface area contributed by atoms with Gasteiger partial charge in [0.2, 0.25) is 5.88 Å². The molecule has 1 aromatic carbocycles. The molecule has 0 radical (unpaired) electrons. The molecule has 0 saturated heterocycles. The summed E-state index contributed by atoms with van der Waals surface area (Å²) in [5.74, 6) is 0.144. The normalized spacial score (nSPS) is 16.7. The maximum atomic E-state index is 13.4. The van der Waals surface area contributed by atoms with Crippen molar-refractivity contribution in [2.75, 3.05) is 15.7 Å². The molecule has 1 aliphatic heterocycles. The largest absolute Gasteiger partial charge is 0.471 e. The minimum atomic E-state index is -3.91. The van der Waals surface area contributed by atoms with Gasteiger partial charge in [-0.15, -0.1) is 0 Å². The number of rotatable bonds is 3. The lowest BCUT2D eigenvalue weighted by Crippen LogP contribution is -2.46. The van der Waals surface area contributed by atoms with E-state index in [4.69, 9.17) is 4.74 Å². The summed E-state index contributed by atoms with van der Waals surface area (Å²) in [5.41, 5.74) is -0.286. The van der Waals surface area contributed by atoms with E-state index < -0.39 is 27.8 Å². The Morgan fingerprint density at radius 2 is 2.03 bits per heavy atom. The van der Waals surface area contributed by atoms with E-state index in [2.05, 4.69) is 20.9 Å². The Labute approximate surface area is 178 Å². The summed E-state index contributed by atoms with van der Waals surface area (Å²) >= 11 is 3.30. The molecule has 10 heteroatoms. The number of amides is 1. The van der Waals surface area contributed by atoms with Gasteiger partial charge in [-0.3, -0.25) is 9.21 Å². The Bertz CT molecular complexity index is 1050. The van der Waals surface area contributed by atoms with Crippen LogP contribution in [0.5, 0.6) is 5.88 Å². The lowest BCUT2D eigenvalue weighted by Gasteiger charge is -2.36. The second-order valence-corrected chi connectivity index (χ2v) is 10.5. The van der Waals surface area contributed by atoms with E-state index >= 15 is 0 Å². The number of aromatic nitrogens is 1. The first-order valence-corrected chi connectivity index (χ1v) is 11.1. The molecule has 156 valence electrons. The SMILES string of the molecule is C[C@H]1CN(S(=O)(=O)c2cccc(Br)c2)c2cc(N(C(=O)O)C(C)(C)C)cnc2O1. The molecule has 8 nitrogen and oxygen atoms in total. The Balaban J connectivity index is 2.15. The van der Waals surface area contributed by atoms with Crippen molar-refractivity contribution in [1.82, 2.24) is 4.98 Å². The summed E-state index contributed by atoms with van der Waals surface area (Å²) in [6, 6.07) is 7.90. The van der Waals surface area contributed by atoms with Crippen LogP contribution in [0.1, 0.15) is 27.7 Å². The van der Waals surface area contributed by atoms with Gasteiger partial charge in [0.1, 0.15) is 11.8 Å².